The number of nitrogens with one attached hydrogen (secondary N) is 1. The summed E-state index contributed by atoms with van der Waals surface area (Å²) >= 11 is 3.54. The van der Waals surface area contributed by atoms with E-state index in [2.05, 4.69) is 33.1 Å². The maximum Gasteiger partial charge on any atom is 0.231 e. The molecule has 9 heteroatoms. The van der Waals surface area contributed by atoms with Gasteiger partial charge in [-0.15, -0.1) is 24.0 Å². The number of hydrogen-bond donors (Lipinski definition) is 1. The number of fused-ring (bicyclic) bond motifs is 1. The molecule has 1 N–H and O–H groups in total. The second-order valence-electron chi connectivity index (χ2n) is 6.65. The van der Waals surface area contributed by atoms with Crippen LogP contribution in [0.2, 0.25) is 0 Å². The molecule has 1 aromatic carbocycles. The fourth-order valence-corrected chi connectivity index (χ4v) is 3.86. The molecule has 0 saturated carbocycles. The highest BCUT2D eigenvalue weighted by molar-refractivity contribution is 14.0. The fourth-order valence-electron chi connectivity index (χ4n) is 3.26. The van der Waals surface area contributed by atoms with Crippen molar-refractivity contribution in [2.45, 2.75) is 19.9 Å². The molecule has 158 valence electrons. The molecule has 28 heavy (non-hydrogen) atoms. The molecule has 3 rings (SSSR count). The van der Waals surface area contributed by atoms with E-state index in [0.29, 0.717) is 25.7 Å². The zero-order valence-electron chi connectivity index (χ0n) is 16.4. The van der Waals surface area contributed by atoms with Gasteiger partial charge in [0, 0.05) is 32.7 Å². The molecule has 2 aliphatic rings. The Hall–Kier alpha value is -0.780. The van der Waals surface area contributed by atoms with Gasteiger partial charge >= 0.3 is 0 Å². The van der Waals surface area contributed by atoms with Crippen LogP contribution >= 0.6 is 39.9 Å². The summed E-state index contributed by atoms with van der Waals surface area (Å²) < 4.78 is 22.6. The number of nitrogens with zero attached hydrogens (tertiary/aromatic N) is 2. The lowest BCUT2D eigenvalue weighted by Crippen LogP contribution is -2.40. The molecule has 1 unspecified atom stereocenters. The molecular weight excluding hydrogens is 541 g/mol. The molecule has 1 fully saturated rings. The number of benzene rings is 1. The van der Waals surface area contributed by atoms with Gasteiger partial charge in [0.2, 0.25) is 6.79 Å². The number of rotatable bonds is 8. The Morgan fingerprint density at radius 2 is 2.21 bits per heavy atom. The second kappa shape index (κ2) is 12.0. The van der Waals surface area contributed by atoms with Crippen LogP contribution in [0.15, 0.2) is 21.6 Å². The van der Waals surface area contributed by atoms with Gasteiger partial charge < -0.3 is 29.2 Å². The Morgan fingerprint density at radius 3 is 3.00 bits per heavy atom. The van der Waals surface area contributed by atoms with Crippen LogP contribution in [-0.4, -0.2) is 64.2 Å². The van der Waals surface area contributed by atoms with E-state index in [1.807, 2.05) is 12.1 Å². The monoisotopic (exact) mass is 569 g/mol. The lowest BCUT2D eigenvalue weighted by Gasteiger charge is -2.21. The number of ether oxygens (including phenoxy) is 4. The number of methoxy groups -OCH3 is 1. The molecule has 2 heterocycles. The van der Waals surface area contributed by atoms with Gasteiger partial charge in [-0.1, -0.05) is 0 Å². The molecule has 0 amide bonds. The van der Waals surface area contributed by atoms with Crippen molar-refractivity contribution < 1.29 is 18.9 Å². The van der Waals surface area contributed by atoms with E-state index in [9.17, 15) is 0 Å². The number of aliphatic imine (C=N–C) groups is 1. The number of likely N-dealkylation sites (tertiary alicyclic amines) is 1. The van der Waals surface area contributed by atoms with E-state index in [1.165, 1.54) is 0 Å². The summed E-state index contributed by atoms with van der Waals surface area (Å²) in [6.07, 6.45) is 1.12. The molecule has 0 aromatic heterocycles. The zero-order chi connectivity index (χ0) is 19.1. The average Bonchev–Trinajstić information content (AvgIpc) is 3.32. The molecule has 0 bridgehead atoms. The highest BCUT2D eigenvalue weighted by Crippen LogP contribution is 2.40. The topological polar surface area (TPSA) is 64.6 Å². The van der Waals surface area contributed by atoms with Gasteiger partial charge in [0.15, 0.2) is 17.5 Å². The Labute approximate surface area is 192 Å². The lowest BCUT2D eigenvalue weighted by atomic mass is 10.1. The summed E-state index contributed by atoms with van der Waals surface area (Å²) in [4.78, 5) is 7.15. The average molecular weight is 570 g/mol. The summed E-state index contributed by atoms with van der Waals surface area (Å²) in [5, 5.41) is 3.41. The molecule has 7 nitrogen and oxygen atoms in total. The van der Waals surface area contributed by atoms with Gasteiger partial charge in [-0.2, -0.15) is 0 Å². The van der Waals surface area contributed by atoms with Crippen LogP contribution < -0.4 is 14.8 Å². The van der Waals surface area contributed by atoms with Crippen molar-refractivity contribution in [2.75, 3.05) is 53.4 Å². The van der Waals surface area contributed by atoms with Gasteiger partial charge in [0.05, 0.1) is 30.8 Å². The van der Waals surface area contributed by atoms with Crippen molar-refractivity contribution >= 4 is 45.9 Å². The molecule has 1 atom stereocenters. The van der Waals surface area contributed by atoms with Gasteiger partial charge in [0.25, 0.3) is 0 Å². The van der Waals surface area contributed by atoms with Gasteiger partial charge in [0.1, 0.15) is 0 Å². The number of hydrogen-bond acceptors (Lipinski definition) is 5. The Bertz CT molecular complexity index is 662. The van der Waals surface area contributed by atoms with E-state index in [4.69, 9.17) is 23.9 Å². The first-order chi connectivity index (χ1) is 13.2. The fraction of sp³-hybridized carbons (Fsp3) is 0.632. The minimum absolute atomic E-state index is 0. The predicted molar refractivity (Wildman–Crippen MR) is 123 cm³/mol. The summed E-state index contributed by atoms with van der Waals surface area (Å²) in [5.41, 5.74) is 1.08. The summed E-state index contributed by atoms with van der Waals surface area (Å²) in [6.45, 7) is 7.82. The molecule has 0 aliphatic carbocycles. The largest absolute Gasteiger partial charge is 0.454 e. The van der Waals surface area contributed by atoms with E-state index in [1.54, 1.807) is 7.11 Å². The first kappa shape index (κ1) is 23.5. The van der Waals surface area contributed by atoms with Crippen molar-refractivity contribution in [3.8, 4) is 11.5 Å². The third-order valence-electron chi connectivity index (χ3n) is 4.60. The van der Waals surface area contributed by atoms with Crippen molar-refractivity contribution in [1.82, 2.24) is 10.2 Å². The first-order valence-corrected chi connectivity index (χ1v) is 10.2. The van der Waals surface area contributed by atoms with Crippen LogP contribution in [0.1, 0.15) is 18.9 Å². The molecular formula is C19H29BrIN3O4. The molecule has 1 aromatic rings. The molecule has 1 saturated heterocycles. The van der Waals surface area contributed by atoms with Gasteiger partial charge in [-0.3, -0.25) is 0 Å². The van der Waals surface area contributed by atoms with Gasteiger partial charge in [-0.25, -0.2) is 4.99 Å². The van der Waals surface area contributed by atoms with Crippen LogP contribution in [0, 0.1) is 5.92 Å². The SMILES string of the molecule is CCNC(=NCc1cc(Br)c2c(c1)OCO2)N1CCC(COCCOC)C1.I. The van der Waals surface area contributed by atoms with Crippen LogP contribution in [0.25, 0.3) is 0 Å². The zero-order valence-corrected chi connectivity index (χ0v) is 20.3. The predicted octanol–water partition coefficient (Wildman–Crippen LogP) is 3.25. The second-order valence-corrected chi connectivity index (χ2v) is 7.50. The van der Waals surface area contributed by atoms with Crippen LogP contribution in [-0.2, 0) is 16.0 Å². The third-order valence-corrected chi connectivity index (χ3v) is 5.19. The third kappa shape index (κ3) is 6.36. The van der Waals surface area contributed by atoms with E-state index in [0.717, 1.165) is 60.2 Å². The van der Waals surface area contributed by atoms with Crippen molar-refractivity contribution in [3.63, 3.8) is 0 Å². The standard InChI is InChI=1S/C19H28BrN3O4.HI/c1-3-21-19(23-5-4-14(11-23)12-25-7-6-24-2)22-10-15-8-16(20)18-17(9-15)26-13-27-18;/h8-9,14H,3-7,10-13H2,1-2H3,(H,21,22);1H. The molecule has 2 aliphatic heterocycles. The number of halogens is 2. The number of guanidine groups is 1. The minimum atomic E-state index is 0. The summed E-state index contributed by atoms with van der Waals surface area (Å²) in [5.74, 6) is 3.02. The Balaban J connectivity index is 0.00000280. The quantitative estimate of drug-likeness (QED) is 0.224. The van der Waals surface area contributed by atoms with E-state index < -0.39 is 0 Å². The van der Waals surface area contributed by atoms with Crippen LogP contribution in [0.5, 0.6) is 11.5 Å². The lowest BCUT2D eigenvalue weighted by molar-refractivity contribution is 0.0536. The normalized spacial score (nSPS) is 18.3. The molecule has 0 radical (unpaired) electrons. The van der Waals surface area contributed by atoms with Crippen molar-refractivity contribution in [3.05, 3.63) is 22.2 Å². The van der Waals surface area contributed by atoms with Crippen molar-refractivity contribution in [2.24, 2.45) is 10.9 Å². The highest BCUT2D eigenvalue weighted by Gasteiger charge is 2.25. The molecule has 0 spiro atoms. The first-order valence-electron chi connectivity index (χ1n) is 9.39. The summed E-state index contributed by atoms with van der Waals surface area (Å²) in [7, 11) is 1.69. The highest BCUT2D eigenvalue weighted by atomic mass is 127. The Kier molecular flexibility index (Phi) is 10.1. The van der Waals surface area contributed by atoms with E-state index in [-0.39, 0.29) is 30.8 Å². The van der Waals surface area contributed by atoms with E-state index >= 15 is 0 Å². The van der Waals surface area contributed by atoms with Gasteiger partial charge in [-0.05, 0) is 47.0 Å². The smallest absolute Gasteiger partial charge is 0.231 e. The van der Waals surface area contributed by atoms with Crippen LogP contribution in [0.4, 0.5) is 0 Å². The minimum Gasteiger partial charge on any atom is -0.454 e. The maximum atomic E-state index is 5.69. The maximum absolute atomic E-state index is 5.69. The van der Waals surface area contributed by atoms with Crippen LogP contribution in [0.3, 0.4) is 0 Å². The Morgan fingerprint density at radius 1 is 1.36 bits per heavy atom. The van der Waals surface area contributed by atoms with Crippen molar-refractivity contribution in [1.29, 1.82) is 0 Å². The summed E-state index contributed by atoms with van der Waals surface area (Å²) in [6, 6.07) is 4.04.